The normalized spacial score (nSPS) is 24.2. The van der Waals surface area contributed by atoms with Crippen LogP contribution in [0.5, 0.6) is 0 Å². The van der Waals surface area contributed by atoms with Gasteiger partial charge in [-0.15, -0.1) is 0 Å². The largest absolute Gasteiger partial charge is 0.376 e. The molecule has 0 saturated carbocycles. The van der Waals surface area contributed by atoms with E-state index in [4.69, 9.17) is 23.2 Å². The maximum absolute atomic E-state index is 11.1. The summed E-state index contributed by atoms with van der Waals surface area (Å²) in [4.78, 5) is 10.7. The number of nitro benzene ring substituents is 1. The summed E-state index contributed by atoms with van der Waals surface area (Å²) in [5.74, 6) is 0.427. The molecule has 24 heavy (non-hydrogen) atoms. The number of nitrogens with one attached hydrogen (secondary N) is 1. The predicted molar refractivity (Wildman–Crippen MR) is 95.9 cm³/mol. The molecule has 4 rings (SSSR count). The van der Waals surface area contributed by atoms with Gasteiger partial charge in [0.25, 0.3) is 5.69 Å². The van der Waals surface area contributed by atoms with Crippen LogP contribution in [0, 0.1) is 16.0 Å². The molecule has 1 heterocycles. The number of anilines is 1. The molecular formula is C18H14Cl2N2O2. The van der Waals surface area contributed by atoms with Crippen LogP contribution in [0.25, 0.3) is 0 Å². The first kappa shape index (κ1) is 15.5. The van der Waals surface area contributed by atoms with E-state index >= 15 is 0 Å². The fourth-order valence-corrected chi connectivity index (χ4v) is 4.15. The quantitative estimate of drug-likeness (QED) is 0.422. The maximum Gasteiger partial charge on any atom is 0.271 e. The SMILES string of the molecule is O=[N+]([O-])c1cc(Cl)c2c(c1)[C@@H]1C=CC[C@@H]1[C@H](c1ccc(Cl)cc1)N2. The van der Waals surface area contributed by atoms with Crippen molar-refractivity contribution in [3.63, 3.8) is 0 Å². The molecular weight excluding hydrogens is 347 g/mol. The Hall–Kier alpha value is -2.04. The van der Waals surface area contributed by atoms with Gasteiger partial charge >= 0.3 is 0 Å². The van der Waals surface area contributed by atoms with Crippen LogP contribution in [-0.2, 0) is 0 Å². The first-order chi connectivity index (χ1) is 11.5. The lowest BCUT2D eigenvalue weighted by molar-refractivity contribution is -0.384. The number of nitro groups is 1. The van der Waals surface area contributed by atoms with Crippen molar-refractivity contribution >= 4 is 34.6 Å². The van der Waals surface area contributed by atoms with Gasteiger partial charge in [-0.05, 0) is 35.6 Å². The highest BCUT2D eigenvalue weighted by molar-refractivity contribution is 6.33. The number of halogens is 2. The van der Waals surface area contributed by atoms with E-state index in [1.54, 1.807) is 6.07 Å². The number of non-ortho nitro benzene ring substituents is 1. The van der Waals surface area contributed by atoms with E-state index < -0.39 is 4.92 Å². The summed E-state index contributed by atoms with van der Waals surface area (Å²) in [7, 11) is 0. The molecule has 0 radical (unpaired) electrons. The van der Waals surface area contributed by atoms with Crippen molar-refractivity contribution in [3.8, 4) is 0 Å². The fourth-order valence-electron chi connectivity index (χ4n) is 3.75. The molecule has 0 unspecified atom stereocenters. The van der Waals surface area contributed by atoms with Crippen LogP contribution in [0.3, 0.4) is 0 Å². The average molecular weight is 361 g/mol. The molecule has 0 fully saturated rings. The Balaban J connectivity index is 1.82. The van der Waals surface area contributed by atoms with Gasteiger partial charge in [0.1, 0.15) is 0 Å². The summed E-state index contributed by atoms with van der Waals surface area (Å²) in [5.41, 5.74) is 2.86. The highest BCUT2D eigenvalue weighted by Gasteiger charge is 2.39. The first-order valence-corrected chi connectivity index (χ1v) is 8.46. The van der Waals surface area contributed by atoms with E-state index in [-0.39, 0.29) is 17.6 Å². The van der Waals surface area contributed by atoms with Crippen LogP contribution in [0.1, 0.15) is 29.5 Å². The highest BCUT2D eigenvalue weighted by Crippen LogP contribution is 2.52. The van der Waals surface area contributed by atoms with Gasteiger partial charge in [-0.1, -0.05) is 47.5 Å². The molecule has 2 aliphatic rings. The van der Waals surface area contributed by atoms with Crippen molar-refractivity contribution in [2.75, 3.05) is 5.32 Å². The lowest BCUT2D eigenvalue weighted by atomic mass is 9.77. The molecule has 0 spiro atoms. The summed E-state index contributed by atoms with van der Waals surface area (Å²) >= 11 is 12.3. The summed E-state index contributed by atoms with van der Waals surface area (Å²) in [6.45, 7) is 0. The van der Waals surface area contributed by atoms with Gasteiger partial charge in [0.15, 0.2) is 0 Å². The van der Waals surface area contributed by atoms with Gasteiger partial charge < -0.3 is 5.32 Å². The third kappa shape index (κ3) is 2.46. The molecule has 2 aromatic rings. The van der Waals surface area contributed by atoms with E-state index in [1.165, 1.54) is 6.07 Å². The monoisotopic (exact) mass is 360 g/mol. The lowest BCUT2D eigenvalue weighted by Crippen LogP contribution is -2.29. The van der Waals surface area contributed by atoms with Gasteiger partial charge in [-0.3, -0.25) is 10.1 Å². The summed E-state index contributed by atoms with van der Waals surface area (Å²) < 4.78 is 0. The standard InChI is InChI=1S/C18H14Cl2N2O2/c19-11-6-4-10(5-7-11)17-14-3-1-2-13(14)15-8-12(22(23)24)9-16(20)18(15)21-17/h1-2,4-9,13-14,17,21H,3H2/t13-,14+,17+/m1/s1. The van der Waals surface area contributed by atoms with Crippen LogP contribution in [0.4, 0.5) is 11.4 Å². The first-order valence-electron chi connectivity index (χ1n) is 7.71. The molecule has 4 nitrogen and oxygen atoms in total. The Morgan fingerprint density at radius 2 is 1.92 bits per heavy atom. The molecule has 1 aliphatic heterocycles. The molecule has 122 valence electrons. The summed E-state index contributed by atoms with van der Waals surface area (Å²) in [5, 5.41) is 15.7. The van der Waals surface area contributed by atoms with Gasteiger partial charge in [0.05, 0.1) is 21.7 Å². The molecule has 6 heteroatoms. The topological polar surface area (TPSA) is 55.2 Å². The Kier molecular flexibility index (Phi) is 3.74. The number of allylic oxidation sites excluding steroid dienone is 2. The zero-order valence-corrected chi connectivity index (χ0v) is 14.1. The second kappa shape index (κ2) is 5.80. The summed E-state index contributed by atoms with van der Waals surface area (Å²) in [6.07, 6.45) is 5.19. The zero-order valence-electron chi connectivity index (χ0n) is 12.6. The van der Waals surface area contributed by atoms with Crippen LogP contribution in [0.2, 0.25) is 10.0 Å². The number of nitrogens with zero attached hydrogens (tertiary/aromatic N) is 1. The Morgan fingerprint density at radius 1 is 1.17 bits per heavy atom. The maximum atomic E-state index is 11.1. The van der Waals surface area contributed by atoms with E-state index in [9.17, 15) is 10.1 Å². The summed E-state index contributed by atoms with van der Waals surface area (Å²) in [6, 6.07) is 10.9. The number of benzene rings is 2. The van der Waals surface area contributed by atoms with Gasteiger partial charge in [-0.2, -0.15) is 0 Å². The van der Waals surface area contributed by atoms with Crippen LogP contribution in [0.15, 0.2) is 48.6 Å². The van der Waals surface area contributed by atoms with E-state index in [1.807, 2.05) is 24.3 Å². The smallest absolute Gasteiger partial charge is 0.271 e. The molecule has 2 aromatic carbocycles. The number of hydrogen-bond donors (Lipinski definition) is 1. The minimum atomic E-state index is -0.398. The van der Waals surface area contributed by atoms with Crippen molar-refractivity contribution in [2.45, 2.75) is 18.4 Å². The van der Waals surface area contributed by atoms with Crippen molar-refractivity contribution in [1.29, 1.82) is 0 Å². The second-order valence-corrected chi connectivity index (χ2v) is 7.02. The molecule has 0 bridgehead atoms. The predicted octanol–water partition coefficient (Wildman–Crippen LogP) is 5.73. The van der Waals surface area contributed by atoms with Gasteiger partial charge in [0.2, 0.25) is 0 Å². The number of fused-ring (bicyclic) bond motifs is 3. The van der Waals surface area contributed by atoms with Crippen molar-refractivity contribution in [3.05, 3.63) is 79.8 Å². The van der Waals surface area contributed by atoms with Gasteiger partial charge in [-0.25, -0.2) is 0 Å². The highest BCUT2D eigenvalue weighted by atomic mass is 35.5. The molecule has 1 N–H and O–H groups in total. The number of hydrogen-bond acceptors (Lipinski definition) is 3. The third-order valence-corrected chi connectivity index (χ3v) is 5.40. The van der Waals surface area contributed by atoms with E-state index in [0.717, 1.165) is 23.2 Å². The minimum Gasteiger partial charge on any atom is -0.376 e. The molecule has 0 amide bonds. The fraction of sp³-hybridized carbons (Fsp3) is 0.222. The number of rotatable bonds is 2. The average Bonchev–Trinajstić information content (AvgIpc) is 3.05. The van der Waals surface area contributed by atoms with Gasteiger partial charge in [0, 0.05) is 23.1 Å². The van der Waals surface area contributed by atoms with Crippen molar-refractivity contribution < 1.29 is 4.92 Å². The second-order valence-electron chi connectivity index (χ2n) is 6.18. The minimum absolute atomic E-state index is 0.0320. The van der Waals surface area contributed by atoms with Crippen LogP contribution < -0.4 is 5.32 Å². The lowest BCUT2D eigenvalue weighted by Gasteiger charge is -2.37. The van der Waals surface area contributed by atoms with Crippen LogP contribution >= 0.6 is 23.2 Å². The van der Waals surface area contributed by atoms with E-state index in [0.29, 0.717) is 16.0 Å². The Labute approximate surface area is 149 Å². The van der Waals surface area contributed by atoms with Crippen molar-refractivity contribution in [1.82, 2.24) is 0 Å². The Bertz CT molecular complexity index is 849. The van der Waals surface area contributed by atoms with E-state index in [2.05, 4.69) is 17.5 Å². The van der Waals surface area contributed by atoms with Crippen LogP contribution in [-0.4, -0.2) is 4.92 Å². The van der Waals surface area contributed by atoms with Crippen molar-refractivity contribution in [2.24, 2.45) is 5.92 Å². The zero-order chi connectivity index (χ0) is 16.8. The molecule has 3 atom stereocenters. The third-order valence-electron chi connectivity index (χ3n) is 4.85. The molecule has 1 aliphatic carbocycles. The Morgan fingerprint density at radius 3 is 2.62 bits per heavy atom. The molecule has 0 saturated heterocycles. The molecule has 0 aromatic heterocycles.